The first-order valence-electron chi connectivity index (χ1n) is 22.9. The maximum atomic E-state index is 14.0. The first-order valence-corrected chi connectivity index (χ1v) is 24.4. The number of hydrogen-bond acceptors (Lipinski definition) is 8. The van der Waals surface area contributed by atoms with E-state index in [0.29, 0.717) is 80.5 Å². The minimum atomic E-state index is -0.329. The van der Waals surface area contributed by atoms with Crippen molar-refractivity contribution < 1.29 is 19.8 Å². The molecule has 12 fully saturated rings. The van der Waals surface area contributed by atoms with Gasteiger partial charge in [0.15, 0.2) is 0 Å². The van der Waals surface area contributed by atoms with Crippen LogP contribution < -0.4 is 9.80 Å². The number of pyridine rings is 2. The molecule has 6 atom stereocenters. The lowest BCUT2D eigenvalue weighted by Crippen LogP contribution is -2.65. The zero-order chi connectivity index (χ0) is 41.3. The smallest absolute Gasteiger partial charge is 0.231 e. The molecule has 4 aliphatic heterocycles. The Morgan fingerprint density at radius 2 is 0.933 bits per heavy atom. The molecule has 0 aromatic carbocycles. The van der Waals surface area contributed by atoms with E-state index < -0.39 is 0 Å². The number of likely N-dealkylation sites (tertiary alicyclic amines) is 2. The minimum absolute atomic E-state index is 0.00520. The number of aliphatic hydroxyl groups excluding tert-OH is 2. The van der Waals surface area contributed by atoms with E-state index in [2.05, 4.69) is 29.6 Å². The second-order valence-corrected chi connectivity index (χ2v) is 23.0. The van der Waals surface area contributed by atoms with E-state index in [4.69, 9.17) is 46.4 Å². The molecule has 2 aromatic rings. The highest BCUT2D eigenvalue weighted by Gasteiger charge is 2.64. The van der Waals surface area contributed by atoms with Gasteiger partial charge in [-0.1, -0.05) is 46.4 Å². The zero-order valence-corrected chi connectivity index (χ0v) is 37.4. The number of carbonyl (C=O) groups is 2. The quantitative estimate of drug-likeness (QED) is 0.316. The summed E-state index contributed by atoms with van der Waals surface area (Å²) in [7, 11) is 0. The normalized spacial score (nSPS) is 42.6. The molecule has 6 heterocycles. The van der Waals surface area contributed by atoms with Crippen LogP contribution in [0.5, 0.6) is 0 Å². The Morgan fingerprint density at radius 3 is 1.30 bits per heavy atom. The summed E-state index contributed by atoms with van der Waals surface area (Å²) in [6.45, 7) is 4.82. The standard InChI is InChI=1S/2C23H29Cl2N3O2/c2*24-17-8-18(25)20(26-12-17)27-4-1-2-22(13-27)3-5-28(21(22)30)23-9-14-6-15(10-23)19(29)16(7-14)11-23/h2*8,12,14-16,19,29H,1-7,9-11,13H2. The Kier molecular flexibility index (Phi) is 9.99. The van der Waals surface area contributed by atoms with Crippen LogP contribution in [0.15, 0.2) is 24.5 Å². The number of nitrogens with zero attached hydrogens (tertiary/aromatic N) is 6. The molecule has 324 valence electrons. The zero-order valence-electron chi connectivity index (χ0n) is 34.4. The summed E-state index contributed by atoms with van der Waals surface area (Å²) >= 11 is 24.9. The minimum Gasteiger partial charge on any atom is -0.393 e. The van der Waals surface area contributed by atoms with Gasteiger partial charge in [0, 0.05) is 62.7 Å². The average molecular weight is 901 g/mol. The largest absolute Gasteiger partial charge is 0.393 e. The number of amides is 2. The Bertz CT molecular complexity index is 1900. The van der Waals surface area contributed by atoms with Gasteiger partial charge in [-0.2, -0.15) is 0 Å². The average Bonchev–Trinajstić information content (AvgIpc) is 3.70. The van der Waals surface area contributed by atoms with Crippen molar-refractivity contribution in [2.45, 2.75) is 126 Å². The predicted molar refractivity (Wildman–Crippen MR) is 234 cm³/mol. The van der Waals surface area contributed by atoms with Gasteiger partial charge in [0.25, 0.3) is 0 Å². The molecule has 12 aliphatic rings. The number of anilines is 2. The fraction of sp³-hybridized carbons (Fsp3) is 0.739. The Morgan fingerprint density at radius 1 is 0.550 bits per heavy atom. The van der Waals surface area contributed by atoms with Gasteiger partial charge < -0.3 is 29.8 Å². The molecule has 60 heavy (non-hydrogen) atoms. The second-order valence-electron chi connectivity index (χ2n) is 21.3. The molecule has 6 unspecified atom stereocenters. The lowest BCUT2D eigenvalue weighted by atomic mass is 9.51. The molecule has 4 saturated heterocycles. The summed E-state index contributed by atoms with van der Waals surface area (Å²) in [5.41, 5.74) is -0.667. The van der Waals surface area contributed by atoms with Gasteiger partial charge in [-0.25, -0.2) is 9.97 Å². The first-order chi connectivity index (χ1) is 28.8. The van der Waals surface area contributed by atoms with E-state index in [1.165, 1.54) is 0 Å². The summed E-state index contributed by atoms with van der Waals surface area (Å²) in [5, 5.41) is 23.5. The van der Waals surface area contributed by atoms with Crippen LogP contribution >= 0.6 is 46.4 Å². The number of aromatic nitrogens is 2. The van der Waals surface area contributed by atoms with E-state index in [-0.39, 0.29) is 34.1 Å². The van der Waals surface area contributed by atoms with Crippen LogP contribution in [0, 0.1) is 46.3 Å². The maximum absolute atomic E-state index is 14.0. The topological polar surface area (TPSA) is 113 Å². The van der Waals surface area contributed by atoms with E-state index >= 15 is 0 Å². The van der Waals surface area contributed by atoms with Crippen LogP contribution in [0.4, 0.5) is 11.6 Å². The second kappa shape index (κ2) is 14.7. The van der Waals surface area contributed by atoms with Gasteiger partial charge in [0.05, 0.1) is 43.1 Å². The first kappa shape index (κ1) is 40.7. The Hall–Kier alpha value is -2.08. The molecule has 2 aromatic heterocycles. The lowest BCUT2D eigenvalue weighted by molar-refractivity contribution is -0.168. The summed E-state index contributed by atoms with van der Waals surface area (Å²) < 4.78 is 0. The van der Waals surface area contributed by atoms with E-state index in [1.807, 2.05) is 0 Å². The van der Waals surface area contributed by atoms with Crippen molar-refractivity contribution in [1.82, 2.24) is 19.8 Å². The fourth-order valence-electron chi connectivity index (χ4n) is 15.8. The molecule has 10 nitrogen and oxygen atoms in total. The van der Waals surface area contributed by atoms with E-state index in [9.17, 15) is 19.8 Å². The number of piperidine rings is 2. The van der Waals surface area contributed by atoms with Crippen LogP contribution in [0.1, 0.15) is 103 Å². The number of halogens is 4. The maximum Gasteiger partial charge on any atom is 0.231 e. The fourth-order valence-corrected chi connectivity index (χ4v) is 16.8. The van der Waals surface area contributed by atoms with Crippen LogP contribution in [-0.4, -0.2) is 104 Å². The molecular weight excluding hydrogens is 842 g/mol. The molecule has 8 saturated carbocycles. The van der Waals surface area contributed by atoms with E-state index in [1.54, 1.807) is 24.5 Å². The molecule has 8 aliphatic carbocycles. The predicted octanol–water partition coefficient (Wildman–Crippen LogP) is 8.29. The van der Waals surface area contributed by atoms with Gasteiger partial charge in [-0.15, -0.1) is 0 Å². The van der Waals surface area contributed by atoms with Crippen molar-refractivity contribution in [3.8, 4) is 0 Å². The highest BCUT2D eigenvalue weighted by Crippen LogP contribution is 2.61. The van der Waals surface area contributed by atoms with Gasteiger partial charge in [0.2, 0.25) is 11.8 Å². The number of hydrogen-bond donors (Lipinski definition) is 2. The van der Waals surface area contributed by atoms with Gasteiger partial charge >= 0.3 is 0 Å². The molecule has 14 rings (SSSR count). The molecule has 2 spiro atoms. The molecule has 2 amide bonds. The van der Waals surface area contributed by atoms with Crippen LogP contribution in [0.2, 0.25) is 20.1 Å². The monoisotopic (exact) mass is 898 g/mol. The Balaban J connectivity index is 0.000000136. The third-order valence-corrected chi connectivity index (χ3v) is 18.9. The molecule has 0 radical (unpaired) electrons. The molecular formula is C46H58Cl4N6O4. The summed E-state index contributed by atoms with van der Waals surface area (Å²) in [4.78, 5) is 45.8. The molecule has 8 bridgehead atoms. The third kappa shape index (κ3) is 6.43. The number of rotatable bonds is 4. The summed E-state index contributed by atoms with van der Waals surface area (Å²) in [5.74, 6) is 5.10. The third-order valence-electron chi connectivity index (χ3n) is 17.9. The SMILES string of the molecule is O=C1N(C23CC4CC(C2)C(O)C(C4)C3)CCC12CCCN(c1ncc(Cl)cc1Cl)C2.O=C1N(C23CC4CC(C2)C(O)C(C4)C3)CCC12CCCN(c1ncc(Cl)cc1Cl)C2. The van der Waals surface area contributed by atoms with Crippen molar-refractivity contribution in [1.29, 1.82) is 0 Å². The number of aliphatic hydroxyl groups is 2. The molecule has 14 heteroatoms. The van der Waals surface area contributed by atoms with Crippen molar-refractivity contribution in [2.24, 2.45) is 46.3 Å². The van der Waals surface area contributed by atoms with Crippen LogP contribution in [0.3, 0.4) is 0 Å². The van der Waals surface area contributed by atoms with Gasteiger partial charge in [-0.3, -0.25) is 9.59 Å². The Labute approximate surface area is 373 Å². The lowest BCUT2D eigenvalue weighted by Gasteiger charge is -2.61. The summed E-state index contributed by atoms with van der Waals surface area (Å²) in [6.07, 6.45) is 19.5. The molecule has 2 N–H and O–H groups in total. The summed E-state index contributed by atoms with van der Waals surface area (Å²) in [6, 6.07) is 3.46. The van der Waals surface area contributed by atoms with Gasteiger partial charge in [-0.05, 0) is 150 Å². The van der Waals surface area contributed by atoms with Crippen LogP contribution in [0.25, 0.3) is 0 Å². The van der Waals surface area contributed by atoms with Crippen molar-refractivity contribution >= 4 is 69.9 Å². The van der Waals surface area contributed by atoms with E-state index in [0.717, 1.165) is 141 Å². The number of carbonyl (C=O) groups excluding carboxylic acids is 2. The van der Waals surface area contributed by atoms with Crippen molar-refractivity contribution in [2.75, 3.05) is 49.1 Å². The van der Waals surface area contributed by atoms with Crippen molar-refractivity contribution in [3.63, 3.8) is 0 Å². The highest BCUT2D eigenvalue weighted by atomic mass is 35.5. The van der Waals surface area contributed by atoms with Crippen LogP contribution in [-0.2, 0) is 9.59 Å². The van der Waals surface area contributed by atoms with Gasteiger partial charge in [0.1, 0.15) is 11.6 Å². The van der Waals surface area contributed by atoms with Crippen molar-refractivity contribution in [3.05, 3.63) is 44.6 Å². The highest BCUT2D eigenvalue weighted by molar-refractivity contribution is 6.36.